The number of nitrogens with zero attached hydrogens (tertiary/aromatic N) is 2. The first-order chi connectivity index (χ1) is 16.4. The van der Waals surface area contributed by atoms with E-state index in [-0.39, 0.29) is 28.9 Å². The molecule has 0 aliphatic rings. The fourth-order valence-corrected chi connectivity index (χ4v) is 3.86. The number of carboxylic acid groups (broad SMARTS) is 2. The summed E-state index contributed by atoms with van der Waals surface area (Å²) in [7, 11) is 0. The molecule has 1 aromatic carbocycles. The van der Waals surface area contributed by atoms with Crippen LogP contribution < -0.4 is 0 Å². The monoisotopic (exact) mass is 531 g/mol. The van der Waals surface area contributed by atoms with Crippen LogP contribution in [0.4, 0.5) is 0 Å². The summed E-state index contributed by atoms with van der Waals surface area (Å²) in [5, 5.41) is 19.5. The van der Waals surface area contributed by atoms with Gasteiger partial charge in [-0.05, 0) is 37.8 Å². The standard InChI is InChI=1S/C12H8N2.2C8H16O2.Cu/c1-3-9-5-6-10-4-2-8-14-12(10)11(9)13-7-1;2*1-3-5-7(6-4-2)8(9)10;/h1-8H;2*7H,3-6H2,1-2H3,(H,9,10);. The van der Waals surface area contributed by atoms with Crippen LogP contribution in [0.15, 0.2) is 48.8 Å². The van der Waals surface area contributed by atoms with Crippen molar-refractivity contribution in [2.75, 3.05) is 0 Å². The Kier molecular flexibility index (Phi) is 17.4. The zero-order chi connectivity index (χ0) is 25.3. The molecule has 0 bridgehead atoms. The number of carbonyl (C=O) groups is 2. The second kappa shape index (κ2) is 18.8. The Morgan fingerprint density at radius 3 is 1.23 bits per heavy atom. The smallest absolute Gasteiger partial charge is 0.306 e. The number of hydrogen-bond donors (Lipinski definition) is 2. The summed E-state index contributed by atoms with van der Waals surface area (Å²) in [6.07, 6.45) is 10.8. The molecule has 3 aromatic rings. The van der Waals surface area contributed by atoms with Gasteiger partial charge < -0.3 is 10.2 Å². The zero-order valence-electron chi connectivity index (χ0n) is 21.3. The third-order valence-corrected chi connectivity index (χ3v) is 5.59. The van der Waals surface area contributed by atoms with Gasteiger partial charge in [0.2, 0.25) is 0 Å². The zero-order valence-corrected chi connectivity index (χ0v) is 22.3. The second-order valence-corrected chi connectivity index (χ2v) is 8.44. The fourth-order valence-electron chi connectivity index (χ4n) is 3.86. The Morgan fingerprint density at radius 1 is 0.657 bits per heavy atom. The molecule has 0 saturated heterocycles. The van der Waals surface area contributed by atoms with E-state index < -0.39 is 11.9 Å². The maximum Gasteiger partial charge on any atom is 0.306 e. The number of rotatable bonds is 10. The van der Waals surface area contributed by atoms with Crippen LogP contribution in [0.5, 0.6) is 0 Å². The van der Waals surface area contributed by atoms with Crippen LogP contribution in [-0.4, -0.2) is 32.1 Å². The molecule has 0 saturated carbocycles. The fraction of sp³-hybridized carbons (Fsp3) is 0.500. The molecule has 2 N–H and O–H groups in total. The van der Waals surface area contributed by atoms with Crippen LogP contribution in [0.3, 0.4) is 0 Å². The van der Waals surface area contributed by atoms with Gasteiger partial charge in [-0.1, -0.05) is 77.6 Å². The maximum absolute atomic E-state index is 10.5. The Labute approximate surface area is 220 Å². The Balaban J connectivity index is 0.000000504. The number of pyridine rings is 2. The second-order valence-electron chi connectivity index (χ2n) is 8.44. The third-order valence-electron chi connectivity index (χ3n) is 5.59. The predicted molar refractivity (Wildman–Crippen MR) is 139 cm³/mol. The van der Waals surface area contributed by atoms with Crippen molar-refractivity contribution >= 4 is 33.7 Å². The first-order valence-electron chi connectivity index (χ1n) is 12.4. The third kappa shape index (κ3) is 11.7. The minimum atomic E-state index is -0.635. The van der Waals surface area contributed by atoms with Gasteiger partial charge in [0.15, 0.2) is 0 Å². The SMILES string of the molecule is CCCC(CCC)C(=O)O.CCCC(CCC)C(=O)O.[Cu].c1cnc2c(c1)ccc1cccnc12. The van der Waals surface area contributed by atoms with Crippen molar-refractivity contribution in [3.8, 4) is 0 Å². The van der Waals surface area contributed by atoms with Crippen molar-refractivity contribution in [1.29, 1.82) is 0 Å². The Morgan fingerprint density at radius 2 is 0.971 bits per heavy atom. The van der Waals surface area contributed by atoms with E-state index in [2.05, 4.69) is 34.2 Å². The molecule has 197 valence electrons. The van der Waals surface area contributed by atoms with Crippen LogP contribution in [0, 0.1) is 11.8 Å². The number of aromatic nitrogens is 2. The first kappa shape index (κ1) is 32.5. The molecule has 0 fully saturated rings. The molecular weight excluding hydrogens is 492 g/mol. The molecule has 7 heteroatoms. The minimum Gasteiger partial charge on any atom is -0.481 e. The molecule has 1 radical (unpaired) electrons. The van der Waals surface area contributed by atoms with Crippen LogP contribution in [0.2, 0.25) is 0 Å². The molecule has 6 nitrogen and oxygen atoms in total. The van der Waals surface area contributed by atoms with Crippen LogP contribution in [-0.2, 0) is 26.7 Å². The van der Waals surface area contributed by atoms with E-state index in [1.54, 1.807) is 12.4 Å². The van der Waals surface area contributed by atoms with E-state index >= 15 is 0 Å². The summed E-state index contributed by atoms with van der Waals surface area (Å²) >= 11 is 0. The van der Waals surface area contributed by atoms with Gasteiger partial charge in [-0.15, -0.1) is 0 Å². The molecule has 0 aliphatic heterocycles. The van der Waals surface area contributed by atoms with E-state index in [1.165, 1.54) is 0 Å². The minimum absolute atomic E-state index is 0. The predicted octanol–water partition coefficient (Wildman–Crippen LogP) is 7.36. The van der Waals surface area contributed by atoms with E-state index in [9.17, 15) is 9.59 Å². The molecule has 0 amide bonds. The van der Waals surface area contributed by atoms with Gasteiger partial charge in [0.1, 0.15) is 0 Å². The van der Waals surface area contributed by atoms with E-state index in [0.29, 0.717) is 0 Å². The van der Waals surface area contributed by atoms with Crippen molar-refractivity contribution in [3.63, 3.8) is 0 Å². The van der Waals surface area contributed by atoms with Crippen LogP contribution in [0.25, 0.3) is 21.8 Å². The molecule has 0 aliphatic carbocycles. The van der Waals surface area contributed by atoms with Gasteiger partial charge in [-0.25, -0.2) is 0 Å². The summed E-state index contributed by atoms with van der Waals surface area (Å²) in [5.41, 5.74) is 1.95. The summed E-state index contributed by atoms with van der Waals surface area (Å²) in [6, 6.07) is 12.1. The Bertz CT molecular complexity index is 920. The van der Waals surface area contributed by atoms with Gasteiger partial charge >= 0.3 is 11.9 Å². The topological polar surface area (TPSA) is 100 Å². The average molecular weight is 532 g/mol. The normalized spacial score (nSPS) is 10.2. The van der Waals surface area contributed by atoms with Gasteiger partial charge in [0.25, 0.3) is 0 Å². The van der Waals surface area contributed by atoms with Crippen molar-refractivity contribution in [3.05, 3.63) is 48.8 Å². The van der Waals surface area contributed by atoms with Gasteiger partial charge in [-0.3, -0.25) is 19.6 Å². The average Bonchev–Trinajstić information content (AvgIpc) is 2.84. The molecule has 3 rings (SSSR count). The molecule has 2 aromatic heterocycles. The van der Waals surface area contributed by atoms with Gasteiger partial charge in [-0.2, -0.15) is 0 Å². The summed E-state index contributed by atoms with van der Waals surface area (Å²) in [6.45, 7) is 8.08. The number of carboxylic acids is 2. The van der Waals surface area contributed by atoms with E-state index in [1.807, 2.05) is 39.8 Å². The van der Waals surface area contributed by atoms with Crippen molar-refractivity contribution in [2.45, 2.75) is 79.1 Å². The van der Waals surface area contributed by atoms with Crippen LogP contribution in [0.1, 0.15) is 79.1 Å². The molecule has 0 atom stereocenters. The quantitative estimate of drug-likeness (QED) is 0.209. The van der Waals surface area contributed by atoms with E-state index in [0.717, 1.165) is 73.2 Å². The largest absolute Gasteiger partial charge is 0.481 e. The Hall–Kier alpha value is -2.50. The molecule has 0 unspecified atom stereocenters. The summed E-state index contributed by atoms with van der Waals surface area (Å²) in [4.78, 5) is 29.7. The summed E-state index contributed by atoms with van der Waals surface area (Å²) in [5.74, 6) is -1.47. The molecule has 0 spiro atoms. The van der Waals surface area contributed by atoms with Gasteiger partial charge in [0.05, 0.1) is 22.9 Å². The number of aliphatic carboxylic acids is 2. The number of fused-ring (bicyclic) bond motifs is 3. The summed E-state index contributed by atoms with van der Waals surface area (Å²) < 4.78 is 0. The van der Waals surface area contributed by atoms with Crippen molar-refractivity contribution in [1.82, 2.24) is 9.97 Å². The first-order valence-corrected chi connectivity index (χ1v) is 12.4. The van der Waals surface area contributed by atoms with Crippen LogP contribution >= 0.6 is 0 Å². The van der Waals surface area contributed by atoms with Gasteiger partial charge in [0, 0.05) is 40.2 Å². The number of benzene rings is 1. The molecular formula is C28H40CuN2O4. The van der Waals surface area contributed by atoms with Crippen molar-refractivity contribution in [2.24, 2.45) is 11.8 Å². The van der Waals surface area contributed by atoms with Crippen molar-refractivity contribution < 1.29 is 36.9 Å². The number of hydrogen-bond acceptors (Lipinski definition) is 4. The molecule has 2 heterocycles. The maximum atomic E-state index is 10.5. The van der Waals surface area contributed by atoms with E-state index in [4.69, 9.17) is 10.2 Å². The molecule has 35 heavy (non-hydrogen) atoms.